The molecule has 1 saturated heterocycles. The summed E-state index contributed by atoms with van der Waals surface area (Å²) in [7, 11) is 0. The molecule has 0 aliphatic carbocycles. The van der Waals surface area contributed by atoms with E-state index in [1.807, 2.05) is 12.1 Å². The average molecular weight is 387 g/mol. The molecule has 5 rings (SSSR count). The van der Waals surface area contributed by atoms with Gasteiger partial charge in [0.25, 0.3) is 5.69 Å². The van der Waals surface area contributed by atoms with Crippen molar-refractivity contribution in [2.45, 2.75) is 25.9 Å². The Balaban J connectivity index is 1.62. The summed E-state index contributed by atoms with van der Waals surface area (Å²) in [6.45, 7) is 4.14. The lowest BCUT2D eigenvalue weighted by Crippen LogP contribution is -2.17. The van der Waals surface area contributed by atoms with E-state index in [4.69, 9.17) is 4.99 Å². The SMILES string of the molecule is Cc1cc2c(cc1C)N1C(C(c3ccc(F)cc3)=N2)C1c1ccc([N+](=O)[O-])cc1. The molecular weight excluding hydrogens is 369 g/mol. The minimum atomic E-state index is -0.392. The monoisotopic (exact) mass is 387 g/mol. The molecule has 0 spiro atoms. The molecule has 0 aromatic heterocycles. The van der Waals surface area contributed by atoms with Gasteiger partial charge in [0.15, 0.2) is 0 Å². The van der Waals surface area contributed by atoms with E-state index in [0.717, 1.165) is 33.8 Å². The van der Waals surface area contributed by atoms with Gasteiger partial charge in [-0.15, -0.1) is 0 Å². The fourth-order valence-corrected chi connectivity index (χ4v) is 4.08. The number of benzene rings is 3. The lowest BCUT2D eigenvalue weighted by Gasteiger charge is -2.19. The molecule has 2 unspecified atom stereocenters. The number of aliphatic imine (C=N–C) groups is 1. The van der Waals surface area contributed by atoms with Crippen LogP contribution in [0.25, 0.3) is 0 Å². The predicted octanol–water partition coefficient (Wildman–Crippen LogP) is 5.42. The van der Waals surface area contributed by atoms with Gasteiger partial charge in [0, 0.05) is 12.1 Å². The molecule has 5 nitrogen and oxygen atoms in total. The third kappa shape index (κ3) is 2.79. The maximum Gasteiger partial charge on any atom is 0.269 e. The molecule has 29 heavy (non-hydrogen) atoms. The zero-order valence-electron chi connectivity index (χ0n) is 16.0. The lowest BCUT2D eigenvalue weighted by molar-refractivity contribution is -0.384. The van der Waals surface area contributed by atoms with Gasteiger partial charge in [0.2, 0.25) is 0 Å². The maximum absolute atomic E-state index is 13.4. The van der Waals surface area contributed by atoms with Gasteiger partial charge in [-0.2, -0.15) is 0 Å². The molecule has 2 aliphatic rings. The number of nitro benzene ring substituents is 1. The van der Waals surface area contributed by atoms with Crippen molar-refractivity contribution in [1.29, 1.82) is 0 Å². The Morgan fingerprint density at radius 1 is 0.966 bits per heavy atom. The van der Waals surface area contributed by atoms with Crippen molar-refractivity contribution < 1.29 is 9.31 Å². The Labute approximate surface area is 167 Å². The number of anilines is 1. The molecule has 0 bridgehead atoms. The highest BCUT2D eigenvalue weighted by Crippen LogP contribution is 2.55. The first-order chi connectivity index (χ1) is 13.9. The van der Waals surface area contributed by atoms with E-state index in [1.165, 1.54) is 29.8 Å². The molecule has 3 aromatic carbocycles. The summed E-state index contributed by atoms with van der Waals surface area (Å²) >= 11 is 0. The topological polar surface area (TPSA) is 58.5 Å². The Kier molecular flexibility index (Phi) is 3.77. The number of non-ortho nitro benzene ring substituents is 1. The van der Waals surface area contributed by atoms with Gasteiger partial charge in [-0.25, -0.2) is 9.38 Å². The van der Waals surface area contributed by atoms with Gasteiger partial charge in [-0.1, -0.05) is 24.3 Å². The van der Waals surface area contributed by atoms with Crippen molar-refractivity contribution in [1.82, 2.24) is 0 Å². The van der Waals surface area contributed by atoms with Crippen LogP contribution in [0.3, 0.4) is 0 Å². The summed E-state index contributed by atoms with van der Waals surface area (Å²) in [6.07, 6.45) is 0. The van der Waals surface area contributed by atoms with Crippen molar-refractivity contribution in [2.75, 3.05) is 4.90 Å². The summed E-state index contributed by atoms with van der Waals surface area (Å²) in [4.78, 5) is 17.8. The number of nitrogens with zero attached hydrogens (tertiary/aromatic N) is 3. The first-order valence-electron chi connectivity index (χ1n) is 9.42. The normalized spacial score (nSPS) is 19.3. The smallest absolute Gasteiger partial charge is 0.269 e. The third-order valence-electron chi connectivity index (χ3n) is 5.78. The molecule has 2 heterocycles. The summed E-state index contributed by atoms with van der Waals surface area (Å²) < 4.78 is 13.4. The van der Waals surface area contributed by atoms with Gasteiger partial charge in [-0.3, -0.25) is 10.1 Å². The largest absolute Gasteiger partial charge is 0.349 e. The first kappa shape index (κ1) is 17.6. The van der Waals surface area contributed by atoms with Crippen molar-refractivity contribution in [3.05, 3.63) is 98.8 Å². The Morgan fingerprint density at radius 3 is 2.28 bits per heavy atom. The summed E-state index contributed by atoms with van der Waals surface area (Å²) in [5.74, 6) is -0.281. The fraction of sp³-hybridized carbons (Fsp3) is 0.174. The van der Waals surface area contributed by atoms with Crippen molar-refractivity contribution in [3.63, 3.8) is 0 Å². The van der Waals surface area contributed by atoms with Crippen LogP contribution in [0, 0.1) is 29.8 Å². The van der Waals surface area contributed by atoms with Gasteiger partial charge < -0.3 is 4.90 Å². The van der Waals surface area contributed by atoms with Crippen LogP contribution >= 0.6 is 0 Å². The quantitative estimate of drug-likeness (QED) is 0.343. The third-order valence-corrected chi connectivity index (χ3v) is 5.78. The summed E-state index contributed by atoms with van der Waals surface area (Å²) in [6, 6.07) is 17.4. The molecule has 0 radical (unpaired) electrons. The van der Waals surface area contributed by atoms with E-state index < -0.39 is 4.92 Å². The second-order valence-electron chi connectivity index (χ2n) is 7.57. The summed E-state index contributed by atoms with van der Waals surface area (Å²) in [5.41, 5.74) is 7.17. The standard InChI is InChI=1S/C23H18FN3O2/c1-13-11-19-20(12-14(13)2)26-22(16-5-9-18(10-6-16)27(28)29)23(26)21(25-19)15-3-7-17(24)8-4-15/h3-12,22-23H,1-2H3. The summed E-state index contributed by atoms with van der Waals surface area (Å²) in [5, 5.41) is 11.0. The zero-order chi connectivity index (χ0) is 20.3. The Bertz CT molecular complexity index is 1170. The number of hydrogen-bond donors (Lipinski definition) is 0. The van der Waals surface area contributed by atoms with Crippen LogP contribution in [0.1, 0.15) is 28.3 Å². The second-order valence-corrected chi connectivity index (χ2v) is 7.57. The Morgan fingerprint density at radius 2 is 1.62 bits per heavy atom. The molecule has 0 saturated carbocycles. The zero-order valence-corrected chi connectivity index (χ0v) is 16.0. The number of nitro groups is 1. The van der Waals surface area contributed by atoms with Gasteiger partial charge >= 0.3 is 0 Å². The van der Waals surface area contributed by atoms with Crippen LogP contribution in [0.4, 0.5) is 21.5 Å². The number of halogens is 1. The predicted molar refractivity (Wildman–Crippen MR) is 111 cm³/mol. The number of hydrogen-bond acceptors (Lipinski definition) is 4. The Hall–Kier alpha value is -3.54. The van der Waals surface area contributed by atoms with E-state index >= 15 is 0 Å². The molecule has 3 aromatic rings. The molecular formula is C23H18FN3O2. The van der Waals surface area contributed by atoms with Crippen molar-refractivity contribution in [2.24, 2.45) is 4.99 Å². The fourth-order valence-electron chi connectivity index (χ4n) is 4.08. The molecule has 1 fully saturated rings. The first-order valence-corrected chi connectivity index (χ1v) is 9.42. The van der Waals surface area contributed by atoms with E-state index in [1.54, 1.807) is 12.1 Å². The van der Waals surface area contributed by atoms with Crippen LogP contribution in [-0.2, 0) is 0 Å². The van der Waals surface area contributed by atoms with Crippen LogP contribution in [0.15, 0.2) is 65.7 Å². The maximum atomic E-state index is 13.4. The van der Waals surface area contributed by atoms with Crippen LogP contribution in [0.2, 0.25) is 0 Å². The number of rotatable bonds is 3. The van der Waals surface area contributed by atoms with Crippen molar-refractivity contribution >= 4 is 22.8 Å². The molecule has 0 N–H and O–H groups in total. The highest BCUT2D eigenvalue weighted by Gasteiger charge is 2.54. The molecule has 0 amide bonds. The van der Waals surface area contributed by atoms with Crippen molar-refractivity contribution in [3.8, 4) is 0 Å². The lowest BCUT2D eigenvalue weighted by atomic mass is 10.0. The van der Waals surface area contributed by atoms with Gasteiger partial charge in [0.05, 0.1) is 34.1 Å². The minimum Gasteiger partial charge on any atom is -0.349 e. The van der Waals surface area contributed by atoms with E-state index in [-0.39, 0.29) is 23.6 Å². The van der Waals surface area contributed by atoms with E-state index in [2.05, 4.69) is 30.9 Å². The molecule has 2 atom stereocenters. The van der Waals surface area contributed by atoms with Crippen LogP contribution < -0.4 is 4.90 Å². The van der Waals surface area contributed by atoms with Gasteiger partial charge in [0.1, 0.15) is 5.82 Å². The highest BCUT2D eigenvalue weighted by atomic mass is 19.1. The van der Waals surface area contributed by atoms with Crippen LogP contribution in [-0.4, -0.2) is 16.7 Å². The molecule has 144 valence electrons. The number of fused-ring (bicyclic) bond motifs is 3. The average Bonchev–Trinajstić information content (AvgIpc) is 3.45. The minimum absolute atomic E-state index is 0.0246. The molecule has 6 heteroatoms. The van der Waals surface area contributed by atoms with E-state index in [0.29, 0.717) is 0 Å². The molecule has 2 aliphatic heterocycles. The van der Waals surface area contributed by atoms with Gasteiger partial charge in [-0.05, 0) is 60.4 Å². The van der Waals surface area contributed by atoms with Crippen LogP contribution in [0.5, 0.6) is 0 Å². The second kappa shape index (κ2) is 6.24. The number of aryl methyl sites for hydroxylation is 2. The highest BCUT2D eigenvalue weighted by molar-refractivity contribution is 6.14. The van der Waals surface area contributed by atoms with E-state index in [9.17, 15) is 14.5 Å².